The Morgan fingerprint density at radius 3 is 2.08 bits per heavy atom. The van der Waals surface area contributed by atoms with Crippen molar-refractivity contribution in [1.29, 1.82) is 0 Å². The van der Waals surface area contributed by atoms with Crippen LogP contribution in [0.5, 0.6) is 0 Å². The molecule has 1 spiro atoms. The number of nitrogens with zero attached hydrogens (tertiary/aromatic N) is 3. The number of anilines is 2. The fourth-order valence-corrected chi connectivity index (χ4v) is 5.93. The molecule has 0 aliphatic carbocycles. The van der Waals surface area contributed by atoms with Gasteiger partial charge in [0.1, 0.15) is 5.41 Å². The van der Waals surface area contributed by atoms with Crippen molar-refractivity contribution in [2.24, 2.45) is 15.8 Å². The molecule has 2 saturated heterocycles. The van der Waals surface area contributed by atoms with Crippen LogP contribution in [0.3, 0.4) is 0 Å². The van der Waals surface area contributed by atoms with Gasteiger partial charge < -0.3 is 4.74 Å². The third-order valence-electron chi connectivity index (χ3n) is 7.75. The zero-order valence-corrected chi connectivity index (χ0v) is 21.3. The minimum Gasteiger partial charge on any atom is -0.453 e. The zero-order valence-electron chi connectivity index (χ0n) is 20.5. The summed E-state index contributed by atoms with van der Waals surface area (Å²) in [7, 11) is 0. The molecule has 6 nitrogen and oxygen atoms in total. The molecular formula is C29H26ClN3O3. The first-order chi connectivity index (χ1) is 17.1. The van der Waals surface area contributed by atoms with E-state index in [1.54, 1.807) is 15.9 Å². The number of carbonyl (C=O) groups is 2. The molecule has 182 valence electrons. The molecule has 3 aliphatic heterocycles. The van der Waals surface area contributed by atoms with E-state index in [0.717, 1.165) is 16.9 Å². The van der Waals surface area contributed by atoms with E-state index in [0.29, 0.717) is 16.6 Å². The molecule has 3 aromatic rings. The number of carbonyl (C=O) groups excluding carboxylic acids is 2. The summed E-state index contributed by atoms with van der Waals surface area (Å²) >= 11 is 6.47. The highest BCUT2D eigenvalue weighted by Crippen LogP contribution is 2.63. The average Bonchev–Trinajstić information content (AvgIpc) is 3.20. The van der Waals surface area contributed by atoms with Crippen LogP contribution in [0.1, 0.15) is 33.3 Å². The predicted molar refractivity (Wildman–Crippen MR) is 141 cm³/mol. The Morgan fingerprint density at radius 1 is 0.833 bits per heavy atom. The maximum atomic E-state index is 13.6. The van der Waals surface area contributed by atoms with Crippen LogP contribution in [0.4, 0.5) is 17.1 Å². The average molecular weight is 500 g/mol. The number of para-hydroxylation sites is 2. The van der Waals surface area contributed by atoms with E-state index in [9.17, 15) is 9.59 Å². The van der Waals surface area contributed by atoms with Crippen LogP contribution < -0.4 is 9.80 Å². The Labute approximate surface area is 215 Å². The van der Waals surface area contributed by atoms with Gasteiger partial charge in [-0.3, -0.25) is 19.4 Å². The standard InChI is InChI=1S/C29H26ClN3O3/c1-27(2)24(34)32(19-11-7-5-8-12-19)26(27)36-23-29(21-17-18(30)15-16-22(21)31-23)28(3,4)25(35)33(29)20-13-9-6-10-14-20/h5-17,26H,1-4H3/t26-,29+/m0/s1. The molecule has 6 rings (SSSR count). The van der Waals surface area contributed by atoms with Crippen LogP contribution in [0.2, 0.25) is 5.02 Å². The van der Waals surface area contributed by atoms with Crippen molar-refractivity contribution in [3.63, 3.8) is 0 Å². The second-order valence-corrected chi connectivity index (χ2v) is 11.0. The Bertz CT molecular complexity index is 1430. The second kappa shape index (κ2) is 7.43. The van der Waals surface area contributed by atoms with Crippen LogP contribution in [-0.4, -0.2) is 23.9 Å². The number of amides is 2. The quantitative estimate of drug-likeness (QED) is 0.411. The molecule has 3 aliphatic rings. The van der Waals surface area contributed by atoms with Crippen molar-refractivity contribution in [2.45, 2.75) is 39.5 Å². The summed E-state index contributed by atoms with van der Waals surface area (Å²) < 4.78 is 6.73. The van der Waals surface area contributed by atoms with Gasteiger partial charge in [-0.05, 0) is 70.2 Å². The summed E-state index contributed by atoms with van der Waals surface area (Å²) in [5, 5.41) is 0.554. The Hall–Kier alpha value is -3.64. The molecule has 7 heteroatoms. The van der Waals surface area contributed by atoms with Crippen molar-refractivity contribution in [2.75, 3.05) is 9.80 Å². The molecule has 2 amide bonds. The van der Waals surface area contributed by atoms with E-state index in [-0.39, 0.29) is 11.8 Å². The van der Waals surface area contributed by atoms with Crippen LogP contribution in [0, 0.1) is 10.8 Å². The monoisotopic (exact) mass is 499 g/mol. The fraction of sp³-hybridized carbons (Fsp3) is 0.276. The maximum Gasteiger partial charge on any atom is 0.241 e. The van der Waals surface area contributed by atoms with E-state index in [1.165, 1.54) is 0 Å². The summed E-state index contributed by atoms with van der Waals surface area (Å²) in [6.45, 7) is 7.57. The number of β-lactam (4-membered cyclic amide) rings is 2. The molecule has 2 fully saturated rings. The van der Waals surface area contributed by atoms with Gasteiger partial charge in [-0.15, -0.1) is 0 Å². The molecule has 3 heterocycles. The molecule has 0 unspecified atom stereocenters. The smallest absolute Gasteiger partial charge is 0.241 e. The highest BCUT2D eigenvalue weighted by atomic mass is 35.5. The minimum absolute atomic E-state index is 0.0317. The Kier molecular flexibility index (Phi) is 4.71. The number of rotatable bonds is 3. The SMILES string of the molecule is CC1(C)C(=O)N(c2ccccc2)[C@H]1OC1=Nc2ccc(Cl)cc2[C@@]12N(c1ccccc1)C(=O)C2(C)C. The van der Waals surface area contributed by atoms with Crippen LogP contribution in [0.15, 0.2) is 83.9 Å². The van der Waals surface area contributed by atoms with Gasteiger partial charge in [0.05, 0.1) is 11.1 Å². The summed E-state index contributed by atoms with van der Waals surface area (Å²) in [6, 6.07) is 24.5. The number of hydrogen-bond donors (Lipinski definition) is 0. The first-order valence-corrected chi connectivity index (χ1v) is 12.3. The van der Waals surface area contributed by atoms with Gasteiger partial charge in [0.15, 0.2) is 11.8 Å². The third-order valence-corrected chi connectivity index (χ3v) is 7.99. The Balaban J connectivity index is 1.51. The lowest BCUT2D eigenvalue weighted by Crippen LogP contribution is -2.78. The van der Waals surface area contributed by atoms with E-state index in [1.807, 2.05) is 100 Å². The zero-order chi connectivity index (χ0) is 25.5. The van der Waals surface area contributed by atoms with Crippen LogP contribution in [-0.2, 0) is 19.9 Å². The van der Waals surface area contributed by atoms with Gasteiger partial charge >= 0.3 is 0 Å². The predicted octanol–water partition coefficient (Wildman–Crippen LogP) is 6.07. The normalized spacial score (nSPS) is 25.2. The minimum atomic E-state index is -1.01. The molecular weight excluding hydrogens is 474 g/mol. The molecule has 0 aromatic heterocycles. The van der Waals surface area contributed by atoms with Gasteiger partial charge in [-0.25, -0.2) is 4.99 Å². The third kappa shape index (κ3) is 2.71. The first-order valence-electron chi connectivity index (χ1n) is 12.0. The number of hydrogen-bond acceptors (Lipinski definition) is 4. The molecule has 0 radical (unpaired) electrons. The highest BCUT2D eigenvalue weighted by molar-refractivity contribution is 6.31. The van der Waals surface area contributed by atoms with E-state index in [4.69, 9.17) is 21.3 Å². The molecule has 0 bridgehead atoms. The summed E-state index contributed by atoms with van der Waals surface area (Å²) in [5.74, 6) is 0.317. The molecule has 36 heavy (non-hydrogen) atoms. The van der Waals surface area contributed by atoms with E-state index in [2.05, 4.69) is 0 Å². The summed E-state index contributed by atoms with van der Waals surface area (Å²) in [6.07, 6.45) is -0.600. The Morgan fingerprint density at radius 2 is 1.44 bits per heavy atom. The van der Waals surface area contributed by atoms with Crippen molar-refractivity contribution in [3.05, 3.63) is 89.4 Å². The largest absolute Gasteiger partial charge is 0.453 e. The fourth-order valence-electron chi connectivity index (χ4n) is 5.76. The maximum absolute atomic E-state index is 13.6. The molecule has 3 aromatic carbocycles. The number of fused-ring (bicyclic) bond motifs is 2. The first kappa shape index (κ1) is 22.8. The molecule has 2 atom stereocenters. The number of ether oxygens (including phenoxy) is 1. The van der Waals surface area contributed by atoms with E-state index < -0.39 is 22.6 Å². The molecule has 0 N–H and O–H groups in total. The van der Waals surface area contributed by atoms with Gasteiger partial charge in [-0.2, -0.15) is 0 Å². The topological polar surface area (TPSA) is 62.2 Å². The summed E-state index contributed by atoms with van der Waals surface area (Å²) in [5.41, 5.74) is 0.356. The van der Waals surface area contributed by atoms with Crippen LogP contribution in [0.25, 0.3) is 0 Å². The van der Waals surface area contributed by atoms with Crippen molar-refractivity contribution in [3.8, 4) is 0 Å². The van der Waals surface area contributed by atoms with Crippen molar-refractivity contribution >= 4 is 46.4 Å². The number of aliphatic imine (C=N–C) groups is 1. The second-order valence-electron chi connectivity index (χ2n) is 10.6. The van der Waals surface area contributed by atoms with Gasteiger partial charge in [-0.1, -0.05) is 48.0 Å². The number of halogens is 1. The van der Waals surface area contributed by atoms with Crippen LogP contribution >= 0.6 is 11.6 Å². The van der Waals surface area contributed by atoms with Gasteiger partial charge in [0, 0.05) is 22.0 Å². The van der Waals surface area contributed by atoms with Crippen molar-refractivity contribution in [1.82, 2.24) is 0 Å². The number of benzene rings is 3. The lowest BCUT2D eigenvalue weighted by Gasteiger charge is -2.62. The van der Waals surface area contributed by atoms with Crippen molar-refractivity contribution < 1.29 is 14.3 Å². The van der Waals surface area contributed by atoms with Gasteiger partial charge in [0.2, 0.25) is 17.7 Å². The lowest BCUT2D eigenvalue weighted by atomic mass is 9.59. The van der Waals surface area contributed by atoms with Gasteiger partial charge in [0.25, 0.3) is 0 Å². The molecule has 0 saturated carbocycles. The summed E-state index contributed by atoms with van der Waals surface area (Å²) in [4.78, 5) is 35.1. The highest BCUT2D eigenvalue weighted by Gasteiger charge is 2.74. The lowest BCUT2D eigenvalue weighted by molar-refractivity contribution is -0.151. The van der Waals surface area contributed by atoms with E-state index >= 15 is 0 Å².